The van der Waals surface area contributed by atoms with Gasteiger partial charge in [0.15, 0.2) is 0 Å². The topological polar surface area (TPSA) is 43.4 Å². The highest BCUT2D eigenvalue weighted by Crippen LogP contribution is 2.05. The second-order valence-electron chi connectivity index (χ2n) is 2.59. The van der Waals surface area contributed by atoms with Gasteiger partial charge in [0.2, 0.25) is 0 Å². The Bertz CT molecular complexity index is 154. The van der Waals surface area contributed by atoms with Crippen molar-refractivity contribution >= 4 is 20.4 Å². The van der Waals surface area contributed by atoms with Gasteiger partial charge in [-0.3, -0.25) is 0 Å². The van der Waals surface area contributed by atoms with Gasteiger partial charge >= 0.3 is 0 Å². The van der Waals surface area contributed by atoms with Crippen molar-refractivity contribution in [2.45, 2.75) is 0 Å². The molecule has 60 valence electrons. The van der Waals surface area contributed by atoms with Gasteiger partial charge in [0.25, 0.3) is 0 Å². The van der Waals surface area contributed by atoms with E-state index in [1.54, 1.807) is 0 Å². The molecule has 0 aliphatic rings. The summed E-state index contributed by atoms with van der Waals surface area (Å²) >= 11 is 0. The average Bonchev–Trinajstić information content (AvgIpc) is 1.14. The smallest absolute Gasteiger partial charge is 0.0221 e. The van der Waals surface area contributed by atoms with Gasteiger partial charge in [-0.25, -0.2) is 8.42 Å². The summed E-state index contributed by atoms with van der Waals surface area (Å²) in [5.41, 5.74) is 0. The Morgan fingerprint density at radius 2 is 1.11 bits per heavy atom. The van der Waals surface area contributed by atoms with E-state index in [9.17, 15) is 8.42 Å². The lowest BCUT2D eigenvalue weighted by Gasteiger charge is -2.26. The van der Waals surface area contributed by atoms with Crippen molar-refractivity contribution in [2.24, 2.45) is 0 Å². The fourth-order valence-corrected chi connectivity index (χ4v) is 4.26. The summed E-state index contributed by atoms with van der Waals surface area (Å²) in [6.45, 7) is 0. The monoisotopic (exact) mass is 174 g/mol. The zero-order valence-electron chi connectivity index (χ0n) is 6.12. The summed E-state index contributed by atoms with van der Waals surface area (Å²) in [6, 6.07) is 0. The van der Waals surface area contributed by atoms with Crippen molar-refractivity contribution in [1.82, 2.24) is 0 Å². The Hall–Kier alpha value is 0.260. The first-order valence-electron chi connectivity index (χ1n) is 2.52. The third-order valence-corrected chi connectivity index (χ3v) is 3.54. The van der Waals surface area contributed by atoms with Gasteiger partial charge in [-0.05, 0) is 0 Å². The second kappa shape index (κ2) is 2.48. The fraction of sp³-hybridized carbons (Fsp3) is 1.00. The number of thiol groups is 2. The van der Waals surface area contributed by atoms with Crippen molar-refractivity contribution in [2.75, 3.05) is 25.0 Å². The predicted octanol–water partition coefficient (Wildman–Crippen LogP) is -0.614. The molecule has 0 aliphatic carbocycles. The van der Waals surface area contributed by atoms with Crippen LogP contribution in [0.3, 0.4) is 0 Å². The molecule has 0 aromatic rings. The first kappa shape index (κ1) is 9.26. The van der Waals surface area contributed by atoms with Crippen LogP contribution in [0.4, 0.5) is 0 Å². The van der Waals surface area contributed by atoms with Crippen LogP contribution in [0, 0.1) is 0 Å². The van der Waals surface area contributed by atoms with Crippen LogP contribution >= 0.6 is 0 Å². The third-order valence-electron chi connectivity index (χ3n) is 0.393. The quantitative estimate of drug-likeness (QED) is 0.549. The van der Waals surface area contributed by atoms with Gasteiger partial charge in [-0.2, -0.15) is 24.1 Å². The molecule has 0 fully saturated rings. The lowest BCUT2D eigenvalue weighted by Crippen LogP contribution is -2.20. The summed E-state index contributed by atoms with van der Waals surface area (Å²) in [4.78, 5) is 0. The van der Waals surface area contributed by atoms with Crippen LogP contribution < -0.4 is 0 Å². The summed E-state index contributed by atoms with van der Waals surface area (Å²) in [5.74, 6) is 0. The summed E-state index contributed by atoms with van der Waals surface area (Å²) in [7, 11) is -5.10. The highest BCUT2D eigenvalue weighted by atomic mass is 32.3. The minimum atomic E-state index is -2.55. The molecule has 9 heavy (non-hydrogen) atoms. The summed E-state index contributed by atoms with van der Waals surface area (Å²) in [6.07, 6.45) is 5.80. The molecule has 3 nitrogen and oxygen atoms in total. The lowest BCUT2D eigenvalue weighted by molar-refractivity contribution is 0.551. The molecule has 0 saturated carbocycles. The van der Waals surface area contributed by atoms with Crippen LogP contribution in [-0.4, -0.2) is 33.4 Å². The fourth-order valence-electron chi connectivity index (χ4n) is 0.474. The summed E-state index contributed by atoms with van der Waals surface area (Å²) in [5, 5.41) is 0. The van der Waals surface area contributed by atoms with E-state index in [1.165, 1.54) is 25.0 Å². The summed E-state index contributed by atoms with van der Waals surface area (Å²) < 4.78 is 26.4. The van der Waals surface area contributed by atoms with Gasteiger partial charge in [0, 0.05) is 25.0 Å². The third kappa shape index (κ3) is 8.26. The standard InChI is InChI=1S/C4H14O3S2/c1-8(2,5)7-9(3,4)6/h8-9H,1-4H3. The van der Waals surface area contributed by atoms with Gasteiger partial charge in [-0.1, -0.05) is 0 Å². The Balaban J connectivity index is 4.07. The van der Waals surface area contributed by atoms with E-state index in [0.29, 0.717) is 0 Å². The molecule has 0 amide bonds. The maximum Gasteiger partial charge on any atom is 0.0221 e. The van der Waals surface area contributed by atoms with E-state index in [2.05, 4.69) is 0 Å². The second-order valence-corrected chi connectivity index (χ2v) is 8.25. The normalized spacial score (nSPS) is 17.3. The zero-order chi connectivity index (χ0) is 7.71. The molecule has 0 bridgehead atoms. The molecule has 0 rings (SSSR count). The highest BCUT2D eigenvalue weighted by molar-refractivity contribution is 8.10. The van der Waals surface area contributed by atoms with E-state index < -0.39 is 20.4 Å². The molecule has 5 heteroatoms. The molecular formula is C4H14O3S2. The maximum atomic E-state index is 10.8. The Morgan fingerprint density at radius 3 is 1.11 bits per heavy atom. The van der Waals surface area contributed by atoms with Gasteiger partial charge in [-0.15, -0.1) is 0 Å². The molecule has 0 aliphatic heterocycles. The number of hydrogen-bond donors (Lipinski definition) is 2. The van der Waals surface area contributed by atoms with Crippen molar-refractivity contribution in [3.63, 3.8) is 0 Å². The zero-order valence-corrected chi connectivity index (χ0v) is 7.91. The van der Waals surface area contributed by atoms with Crippen molar-refractivity contribution < 1.29 is 12.0 Å². The van der Waals surface area contributed by atoms with Crippen LogP contribution in [0.2, 0.25) is 0 Å². The van der Waals surface area contributed by atoms with Gasteiger partial charge < -0.3 is 0 Å². The Labute approximate surface area is 58.1 Å². The van der Waals surface area contributed by atoms with Crippen molar-refractivity contribution in [3.8, 4) is 0 Å². The first-order chi connectivity index (χ1) is 3.71. The van der Waals surface area contributed by atoms with Crippen LogP contribution in [0.5, 0.6) is 0 Å². The molecule has 0 aromatic carbocycles. The molecule has 0 saturated heterocycles. The Kier molecular flexibility index (Phi) is 2.55. The minimum Gasteiger partial charge on any atom is -0.209 e. The van der Waals surface area contributed by atoms with Crippen LogP contribution in [0.1, 0.15) is 0 Å². The number of rotatable bonds is 2. The largest absolute Gasteiger partial charge is 0.209 e. The van der Waals surface area contributed by atoms with Crippen LogP contribution in [0.15, 0.2) is 0 Å². The Morgan fingerprint density at radius 1 is 0.889 bits per heavy atom. The van der Waals surface area contributed by atoms with E-state index in [1.807, 2.05) is 0 Å². The van der Waals surface area contributed by atoms with E-state index >= 15 is 0 Å². The molecule has 0 unspecified atom stereocenters. The van der Waals surface area contributed by atoms with Crippen LogP contribution in [-0.2, 0) is 24.1 Å². The molecule has 0 spiro atoms. The number of hydrogen-bond acceptors (Lipinski definition) is 3. The molecule has 0 heterocycles. The van der Waals surface area contributed by atoms with Crippen molar-refractivity contribution in [3.05, 3.63) is 0 Å². The maximum absolute atomic E-state index is 10.8. The van der Waals surface area contributed by atoms with Gasteiger partial charge in [0.1, 0.15) is 0 Å². The molecule has 0 radical (unpaired) electrons. The van der Waals surface area contributed by atoms with E-state index in [0.717, 1.165) is 0 Å². The predicted molar refractivity (Wildman–Crippen MR) is 43.9 cm³/mol. The van der Waals surface area contributed by atoms with Gasteiger partial charge in [0.05, 0.1) is 0 Å². The van der Waals surface area contributed by atoms with E-state index in [4.69, 9.17) is 3.63 Å². The lowest BCUT2D eigenvalue weighted by atomic mass is 11.9. The van der Waals surface area contributed by atoms with Crippen LogP contribution in [0.25, 0.3) is 0 Å². The SMILES string of the molecule is C[SH](C)(=O)O[SH](C)(C)=O. The minimum absolute atomic E-state index is 1.45. The average molecular weight is 174 g/mol. The molecular weight excluding hydrogens is 160 g/mol. The molecule has 0 atom stereocenters. The molecule has 0 aromatic heterocycles. The molecule has 0 N–H and O–H groups in total. The van der Waals surface area contributed by atoms with E-state index in [-0.39, 0.29) is 0 Å². The highest BCUT2D eigenvalue weighted by Gasteiger charge is 1.99. The first-order valence-corrected chi connectivity index (χ1v) is 7.56. The van der Waals surface area contributed by atoms with Crippen molar-refractivity contribution in [1.29, 1.82) is 0 Å².